The van der Waals surface area contributed by atoms with Crippen LogP contribution in [0.15, 0.2) is 4.99 Å². The monoisotopic (exact) mass is 937 g/mol. The number of rotatable bonds is 48. The first-order valence-electron chi connectivity index (χ1n) is 28.3. The van der Waals surface area contributed by atoms with Crippen LogP contribution in [0.25, 0.3) is 0 Å². The molecule has 0 bridgehead atoms. The number of quaternary nitrogens is 1. The van der Waals surface area contributed by atoms with Gasteiger partial charge in [0.15, 0.2) is 5.84 Å². The Morgan fingerprint density at radius 2 is 0.938 bits per heavy atom. The molecule has 1 aliphatic heterocycles. The van der Waals surface area contributed by atoms with Gasteiger partial charge in [0, 0.05) is 19.4 Å². The molecule has 9 nitrogen and oxygen atoms in total. The van der Waals surface area contributed by atoms with Gasteiger partial charge < -0.3 is 9.45 Å². The summed E-state index contributed by atoms with van der Waals surface area (Å²) in [6.45, 7) is 13.6. The Labute approximate surface area is 405 Å². The highest BCUT2D eigenvalue weighted by Gasteiger charge is 2.36. The average Bonchev–Trinajstić information content (AvgIpc) is 3.70. The molecule has 0 N–H and O–H groups in total. The largest absolute Gasteiger partial charge is 0.726 e. The molecule has 0 saturated carbocycles. The Kier molecular flexibility index (Phi) is 46.4. The van der Waals surface area contributed by atoms with Gasteiger partial charge in [-0.1, -0.05) is 245 Å². The number of carbonyl (C=O) groups excluding carboxylic acids is 1. The van der Waals surface area contributed by atoms with Crippen LogP contribution in [0, 0.1) is 11.3 Å². The lowest BCUT2D eigenvalue weighted by atomic mass is 10.0. The van der Waals surface area contributed by atoms with Gasteiger partial charge in [-0.2, -0.15) is 5.26 Å². The van der Waals surface area contributed by atoms with Gasteiger partial charge in [-0.25, -0.2) is 13.4 Å². The summed E-state index contributed by atoms with van der Waals surface area (Å²) in [4.78, 5) is 20.4. The predicted molar refractivity (Wildman–Crippen MR) is 277 cm³/mol. The van der Waals surface area contributed by atoms with Gasteiger partial charge in [-0.05, 0) is 26.7 Å². The Morgan fingerprint density at radius 1 is 0.585 bits per heavy atom. The number of amidine groups is 1. The highest BCUT2D eigenvalue weighted by atomic mass is 32.3. The molecule has 0 aromatic rings. The van der Waals surface area contributed by atoms with E-state index in [1.165, 1.54) is 244 Å². The average molecular weight is 938 g/mol. The third-order valence-corrected chi connectivity index (χ3v) is 14.4. The fourth-order valence-electron chi connectivity index (χ4n) is 9.58. The van der Waals surface area contributed by atoms with Crippen LogP contribution < -0.4 is 0 Å². The molecule has 1 unspecified atom stereocenters. The van der Waals surface area contributed by atoms with E-state index in [2.05, 4.69) is 31.0 Å². The Bertz CT molecular complexity index is 1220. The number of aliphatic imine (C=N–C) groups is 1. The summed E-state index contributed by atoms with van der Waals surface area (Å²) in [6.07, 6.45) is 55.0. The zero-order valence-corrected chi connectivity index (χ0v) is 44.5. The van der Waals surface area contributed by atoms with Crippen molar-refractivity contribution in [2.24, 2.45) is 4.99 Å². The van der Waals surface area contributed by atoms with Crippen LogP contribution in [0.2, 0.25) is 0 Å². The fourth-order valence-corrected chi connectivity index (χ4v) is 9.87. The molecule has 0 radical (unpaired) electrons. The smallest absolute Gasteiger partial charge is 0.222 e. The van der Waals surface area contributed by atoms with Crippen LogP contribution in [0.3, 0.4) is 0 Å². The zero-order valence-electron chi connectivity index (χ0n) is 43.7. The number of amides is 1. The SMILES string of the molecule is CCCCCCCCCCCCCCCCCCCCCC(=O)N(CCC#N)CC[N+]1(CC)CCN=C1CCCCCCCCCCCCCCCCCCCCC.CCOS(=O)(=O)[O-]. The number of unbranched alkanes of at least 4 members (excludes halogenated alkanes) is 36. The topological polar surface area (TPSA) is 123 Å². The lowest BCUT2D eigenvalue weighted by molar-refractivity contribution is -0.833. The summed E-state index contributed by atoms with van der Waals surface area (Å²) >= 11 is 0. The molecule has 10 heteroatoms. The van der Waals surface area contributed by atoms with Crippen molar-refractivity contribution in [2.45, 2.75) is 291 Å². The van der Waals surface area contributed by atoms with Crippen molar-refractivity contribution in [3.8, 4) is 6.07 Å². The molecule has 1 amide bonds. The van der Waals surface area contributed by atoms with E-state index in [0.717, 1.165) is 56.5 Å². The summed E-state index contributed by atoms with van der Waals surface area (Å²) in [5.74, 6) is 1.63. The van der Waals surface area contributed by atoms with Crippen molar-refractivity contribution in [2.75, 3.05) is 45.9 Å². The van der Waals surface area contributed by atoms with Gasteiger partial charge in [-0.15, -0.1) is 0 Å². The zero-order chi connectivity index (χ0) is 47.8. The maximum Gasteiger partial charge on any atom is 0.222 e. The van der Waals surface area contributed by atoms with Crippen molar-refractivity contribution in [1.82, 2.24) is 4.90 Å². The number of nitriles is 1. The molecule has 384 valence electrons. The Hall–Kier alpha value is -1.54. The molecule has 65 heavy (non-hydrogen) atoms. The molecule has 1 heterocycles. The van der Waals surface area contributed by atoms with Crippen LogP contribution in [-0.4, -0.2) is 80.0 Å². The summed E-state index contributed by atoms with van der Waals surface area (Å²) in [7, 11) is -4.42. The molecule has 0 spiro atoms. The minimum Gasteiger partial charge on any atom is -0.726 e. The van der Waals surface area contributed by atoms with Crippen LogP contribution in [-0.2, 0) is 19.4 Å². The maximum absolute atomic E-state index is 13.4. The lowest BCUT2D eigenvalue weighted by Gasteiger charge is -2.36. The molecule has 0 aromatic carbocycles. The van der Waals surface area contributed by atoms with Crippen molar-refractivity contribution in [3.63, 3.8) is 0 Å². The summed E-state index contributed by atoms with van der Waals surface area (Å²) in [5, 5.41) is 9.33. The lowest BCUT2D eigenvalue weighted by Crippen LogP contribution is -2.54. The number of carbonyl (C=O) groups is 1. The molecule has 1 rings (SSSR count). The third kappa shape index (κ3) is 41.2. The first-order valence-corrected chi connectivity index (χ1v) is 29.7. The predicted octanol–water partition coefficient (Wildman–Crippen LogP) is 16.1. The van der Waals surface area contributed by atoms with E-state index in [0.29, 0.717) is 19.4 Å². The van der Waals surface area contributed by atoms with Gasteiger partial charge >= 0.3 is 0 Å². The van der Waals surface area contributed by atoms with Crippen molar-refractivity contribution < 1.29 is 26.4 Å². The van der Waals surface area contributed by atoms with E-state index >= 15 is 0 Å². The molecule has 0 aliphatic carbocycles. The van der Waals surface area contributed by atoms with Crippen molar-refractivity contribution in [3.05, 3.63) is 0 Å². The van der Waals surface area contributed by atoms with Crippen molar-refractivity contribution in [1.29, 1.82) is 5.26 Å². The quantitative estimate of drug-likeness (QED) is 0.0259. The Morgan fingerprint density at radius 3 is 1.25 bits per heavy atom. The number of likely N-dealkylation sites (N-methyl/N-ethyl adjacent to an activating group) is 1. The molecule has 1 atom stereocenters. The second kappa shape index (κ2) is 47.5. The van der Waals surface area contributed by atoms with Crippen LogP contribution in [0.1, 0.15) is 291 Å². The minimum absolute atomic E-state index is 0.0914. The van der Waals surface area contributed by atoms with Gasteiger partial charge in [0.05, 0.1) is 38.7 Å². The van der Waals surface area contributed by atoms with Gasteiger partial charge in [0.25, 0.3) is 0 Å². The van der Waals surface area contributed by atoms with Gasteiger partial charge in [-0.3, -0.25) is 13.5 Å². The molecule has 0 fully saturated rings. The highest BCUT2D eigenvalue weighted by molar-refractivity contribution is 7.80. The van der Waals surface area contributed by atoms with E-state index in [-0.39, 0.29) is 12.5 Å². The minimum atomic E-state index is -4.42. The van der Waals surface area contributed by atoms with Crippen LogP contribution >= 0.6 is 0 Å². The highest BCUT2D eigenvalue weighted by Crippen LogP contribution is 2.22. The van der Waals surface area contributed by atoms with E-state index in [9.17, 15) is 23.0 Å². The second-order valence-corrected chi connectivity index (χ2v) is 20.6. The standard InChI is InChI=1S/C53H103N4O.C2H6O4S/c1-4-7-9-11-13-15-17-19-21-23-25-27-29-31-33-35-37-39-41-44-52-55-47-50-57(52,6-3)51-49-56(48-43-46-54)53(58)45-42-40-38-36-34-32-30-28-26-24-22-20-18-16-14-12-10-8-5-2;1-2-6-7(3,4)5/h4-45,47-51H2,1-3H3;2H2,1H3,(H,3,4,5)/q+1;/p-1. The van der Waals surface area contributed by atoms with E-state index in [1.54, 1.807) is 0 Å². The second-order valence-electron chi connectivity index (χ2n) is 19.5. The first kappa shape index (κ1) is 63.5. The van der Waals surface area contributed by atoms with Crippen LogP contribution in [0.5, 0.6) is 0 Å². The number of hydrogen-bond acceptors (Lipinski definition) is 7. The van der Waals surface area contributed by atoms with Gasteiger partial charge in [0.2, 0.25) is 16.3 Å². The fraction of sp³-hybridized carbons (Fsp3) is 0.945. The third-order valence-electron chi connectivity index (χ3n) is 13.9. The molecule has 0 saturated heterocycles. The molecule has 0 aromatic heterocycles. The summed E-state index contributed by atoms with van der Waals surface area (Å²) < 4.78 is 33.0. The summed E-state index contributed by atoms with van der Waals surface area (Å²) in [6, 6.07) is 2.30. The summed E-state index contributed by atoms with van der Waals surface area (Å²) in [5.41, 5.74) is 0. The van der Waals surface area contributed by atoms with E-state index in [1.807, 2.05) is 4.90 Å². The number of hydrogen-bond donors (Lipinski definition) is 0. The Balaban J connectivity index is 0.00000537. The van der Waals surface area contributed by atoms with Crippen molar-refractivity contribution >= 4 is 22.1 Å². The molecule has 1 aliphatic rings. The van der Waals surface area contributed by atoms with E-state index in [4.69, 9.17) is 4.99 Å². The number of nitrogens with zero attached hydrogens (tertiary/aromatic N) is 4. The van der Waals surface area contributed by atoms with Gasteiger partial charge in [0.1, 0.15) is 13.1 Å². The normalized spacial score (nSPS) is 14.9. The van der Waals surface area contributed by atoms with Crippen LogP contribution in [0.4, 0.5) is 0 Å². The maximum atomic E-state index is 13.4. The molecular weight excluding hydrogens is 829 g/mol. The first-order chi connectivity index (χ1) is 31.7. The molecular formula is C55H108N4O5S. The van der Waals surface area contributed by atoms with E-state index < -0.39 is 10.4 Å².